The van der Waals surface area contributed by atoms with Gasteiger partial charge < -0.3 is 14.7 Å². The Balaban J connectivity index is 2.22. The number of aromatic nitrogens is 2. The molecule has 1 amide bonds. The molecule has 0 radical (unpaired) electrons. The van der Waals surface area contributed by atoms with Crippen molar-refractivity contribution in [3.8, 4) is 0 Å². The van der Waals surface area contributed by atoms with Crippen molar-refractivity contribution in [2.45, 2.75) is 44.9 Å². The molecule has 1 saturated heterocycles. The fourth-order valence-electron chi connectivity index (χ4n) is 2.60. The SMILES string of the molecule is CCCn1nccc1C(=O)N1CC[C@H](O)C[C@@H]1C(=O)OC. The van der Waals surface area contributed by atoms with Gasteiger partial charge in [-0.15, -0.1) is 0 Å². The molecule has 0 aliphatic carbocycles. The van der Waals surface area contributed by atoms with Crippen LogP contribution in [0.25, 0.3) is 0 Å². The molecule has 7 nitrogen and oxygen atoms in total. The highest BCUT2D eigenvalue weighted by molar-refractivity contribution is 5.95. The molecule has 0 unspecified atom stereocenters. The maximum absolute atomic E-state index is 12.7. The summed E-state index contributed by atoms with van der Waals surface area (Å²) in [6.07, 6.45) is 2.52. The number of piperidine rings is 1. The van der Waals surface area contributed by atoms with E-state index >= 15 is 0 Å². The Morgan fingerprint density at radius 3 is 2.95 bits per heavy atom. The molecule has 1 aliphatic rings. The van der Waals surface area contributed by atoms with Crippen LogP contribution in [0.3, 0.4) is 0 Å². The van der Waals surface area contributed by atoms with Crippen molar-refractivity contribution < 1.29 is 19.4 Å². The summed E-state index contributed by atoms with van der Waals surface area (Å²) in [4.78, 5) is 26.0. The third-order valence-corrected chi connectivity index (χ3v) is 3.68. The lowest BCUT2D eigenvalue weighted by Crippen LogP contribution is -2.52. The number of rotatable bonds is 4. The van der Waals surface area contributed by atoms with Gasteiger partial charge in [0.05, 0.1) is 13.2 Å². The van der Waals surface area contributed by atoms with Crippen LogP contribution in [-0.2, 0) is 16.1 Å². The van der Waals surface area contributed by atoms with Gasteiger partial charge in [-0.25, -0.2) is 4.79 Å². The third-order valence-electron chi connectivity index (χ3n) is 3.68. The van der Waals surface area contributed by atoms with E-state index < -0.39 is 18.1 Å². The monoisotopic (exact) mass is 295 g/mol. The summed E-state index contributed by atoms with van der Waals surface area (Å²) in [7, 11) is 1.29. The molecular formula is C14H21N3O4. The zero-order chi connectivity index (χ0) is 15.4. The van der Waals surface area contributed by atoms with Gasteiger partial charge >= 0.3 is 5.97 Å². The van der Waals surface area contributed by atoms with Gasteiger partial charge in [0.25, 0.3) is 5.91 Å². The number of ether oxygens (including phenoxy) is 1. The molecule has 0 aromatic carbocycles. The number of amides is 1. The van der Waals surface area contributed by atoms with Crippen molar-refractivity contribution in [2.24, 2.45) is 0 Å². The maximum atomic E-state index is 12.7. The Hall–Kier alpha value is -1.89. The van der Waals surface area contributed by atoms with Gasteiger partial charge in [-0.3, -0.25) is 9.48 Å². The number of likely N-dealkylation sites (tertiary alicyclic amines) is 1. The Morgan fingerprint density at radius 1 is 1.52 bits per heavy atom. The number of esters is 1. The first-order valence-corrected chi connectivity index (χ1v) is 7.17. The van der Waals surface area contributed by atoms with E-state index in [1.54, 1.807) is 16.9 Å². The van der Waals surface area contributed by atoms with Gasteiger partial charge in [0.15, 0.2) is 0 Å². The summed E-state index contributed by atoms with van der Waals surface area (Å²) < 4.78 is 6.39. The standard InChI is InChI=1S/C14H21N3O4/c1-3-7-17-11(4-6-15-17)13(19)16-8-5-10(18)9-12(16)14(20)21-2/h4,6,10,12,18H,3,5,7-9H2,1-2H3/t10-,12+/m0/s1. The van der Waals surface area contributed by atoms with E-state index in [9.17, 15) is 14.7 Å². The topological polar surface area (TPSA) is 84.7 Å². The summed E-state index contributed by atoms with van der Waals surface area (Å²) in [5, 5.41) is 13.9. The van der Waals surface area contributed by atoms with E-state index in [2.05, 4.69) is 5.10 Å². The van der Waals surface area contributed by atoms with Crippen LogP contribution in [0.15, 0.2) is 12.3 Å². The van der Waals surface area contributed by atoms with Crippen molar-refractivity contribution in [3.05, 3.63) is 18.0 Å². The van der Waals surface area contributed by atoms with E-state index in [1.165, 1.54) is 12.0 Å². The zero-order valence-corrected chi connectivity index (χ0v) is 12.4. The quantitative estimate of drug-likeness (QED) is 0.814. The molecule has 0 bridgehead atoms. The third kappa shape index (κ3) is 3.24. The summed E-state index contributed by atoms with van der Waals surface area (Å²) in [6, 6.07) is 0.911. The molecule has 1 aromatic rings. The fraction of sp³-hybridized carbons (Fsp3) is 0.643. The summed E-state index contributed by atoms with van der Waals surface area (Å²) in [5.41, 5.74) is 0.460. The molecule has 2 atom stereocenters. The second kappa shape index (κ2) is 6.71. The van der Waals surface area contributed by atoms with Crippen molar-refractivity contribution in [2.75, 3.05) is 13.7 Å². The molecule has 2 rings (SSSR count). The first-order valence-electron chi connectivity index (χ1n) is 7.17. The van der Waals surface area contributed by atoms with E-state index in [-0.39, 0.29) is 12.3 Å². The molecule has 1 fully saturated rings. The highest BCUT2D eigenvalue weighted by Gasteiger charge is 2.37. The van der Waals surface area contributed by atoms with Crippen molar-refractivity contribution in [1.29, 1.82) is 0 Å². The van der Waals surface area contributed by atoms with Crippen molar-refractivity contribution in [1.82, 2.24) is 14.7 Å². The minimum absolute atomic E-state index is 0.209. The predicted octanol–water partition coefficient (Wildman–Crippen LogP) is 0.432. The number of methoxy groups -OCH3 is 1. The lowest BCUT2D eigenvalue weighted by Gasteiger charge is -2.36. The molecule has 7 heteroatoms. The second-order valence-corrected chi connectivity index (χ2v) is 5.16. The van der Waals surface area contributed by atoms with Crippen LogP contribution in [0.2, 0.25) is 0 Å². The number of hydrogen-bond acceptors (Lipinski definition) is 5. The van der Waals surface area contributed by atoms with E-state index in [0.29, 0.717) is 25.2 Å². The van der Waals surface area contributed by atoms with Crippen LogP contribution in [0.1, 0.15) is 36.7 Å². The first-order chi connectivity index (χ1) is 10.1. The smallest absolute Gasteiger partial charge is 0.328 e. The van der Waals surface area contributed by atoms with Crippen molar-refractivity contribution in [3.63, 3.8) is 0 Å². The Kier molecular flexibility index (Phi) is 4.95. The molecule has 116 valence electrons. The summed E-state index contributed by atoms with van der Waals surface area (Å²) in [5.74, 6) is -0.744. The fourth-order valence-corrected chi connectivity index (χ4v) is 2.60. The van der Waals surface area contributed by atoms with Crippen LogP contribution in [0, 0.1) is 0 Å². The normalized spacial score (nSPS) is 22.1. The largest absolute Gasteiger partial charge is 0.467 e. The van der Waals surface area contributed by atoms with Gasteiger partial charge in [-0.1, -0.05) is 6.92 Å². The summed E-state index contributed by atoms with van der Waals surface area (Å²) >= 11 is 0. The van der Waals surface area contributed by atoms with E-state index in [4.69, 9.17) is 4.74 Å². The molecule has 0 saturated carbocycles. The lowest BCUT2D eigenvalue weighted by atomic mass is 9.99. The van der Waals surface area contributed by atoms with Crippen LogP contribution in [0.5, 0.6) is 0 Å². The first kappa shape index (κ1) is 15.5. The number of aryl methyl sites for hydroxylation is 1. The van der Waals surface area contributed by atoms with Crippen LogP contribution < -0.4 is 0 Å². The Labute approximate surface area is 123 Å². The molecule has 1 N–H and O–H groups in total. The average Bonchev–Trinajstić information content (AvgIpc) is 2.94. The second-order valence-electron chi connectivity index (χ2n) is 5.16. The van der Waals surface area contributed by atoms with Crippen LogP contribution >= 0.6 is 0 Å². The lowest BCUT2D eigenvalue weighted by molar-refractivity contribution is -0.148. The highest BCUT2D eigenvalue weighted by Crippen LogP contribution is 2.21. The van der Waals surface area contributed by atoms with E-state index in [0.717, 1.165) is 6.42 Å². The molecule has 1 aliphatic heterocycles. The molecular weight excluding hydrogens is 274 g/mol. The van der Waals surface area contributed by atoms with E-state index in [1.807, 2.05) is 6.92 Å². The number of aliphatic hydroxyl groups excluding tert-OH is 1. The summed E-state index contributed by atoms with van der Waals surface area (Å²) in [6.45, 7) is 2.98. The van der Waals surface area contributed by atoms with Gasteiger partial charge in [0.2, 0.25) is 0 Å². The van der Waals surface area contributed by atoms with Gasteiger partial charge in [-0.2, -0.15) is 5.10 Å². The zero-order valence-electron chi connectivity index (χ0n) is 12.4. The maximum Gasteiger partial charge on any atom is 0.328 e. The average molecular weight is 295 g/mol. The predicted molar refractivity (Wildman–Crippen MR) is 74.6 cm³/mol. The number of carbonyl (C=O) groups excluding carboxylic acids is 2. The van der Waals surface area contributed by atoms with Gasteiger partial charge in [0.1, 0.15) is 11.7 Å². The van der Waals surface area contributed by atoms with Crippen molar-refractivity contribution >= 4 is 11.9 Å². The highest BCUT2D eigenvalue weighted by atomic mass is 16.5. The number of carbonyl (C=O) groups is 2. The Morgan fingerprint density at radius 2 is 2.29 bits per heavy atom. The van der Waals surface area contributed by atoms with Gasteiger partial charge in [0, 0.05) is 25.7 Å². The molecule has 1 aromatic heterocycles. The van der Waals surface area contributed by atoms with Crippen LogP contribution in [-0.4, -0.2) is 57.5 Å². The van der Waals surface area contributed by atoms with Crippen LogP contribution in [0.4, 0.5) is 0 Å². The number of aliphatic hydroxyl groups is 1. The Bertz CT molecular complexity index is 514. The minimum Gasteiger partial charge on any atom is -0.467 e. The minimum atomic E-state index is -0.740. The molecule has 0 spiro atoms. The molecule has 21 heavy (non-hydrogen) atoms. The number of hydrogen-bond donors (Lipinski definition) is 1. The molecule has 2 heterocycles. The van der Waals surface area contributed by atoms with Gasteiger partial charge in [-0.05, 0) is 18.9 Å². The number of nitrogens with zero attached hydrogens (tertiary/aromatic N) is 3.